The molecule has 3 aromatic rings. The summed E-state index contributed by atoms with van der Waals surface area (Å²) in [5.41, 5.74) is 8.38. The maximum atomic E-state index is 13.7. The number of fused-ring (bicyclic) bond motifs is 4. The van der Waals surface area contributed by atoms with E-state index in [9.17, 15) is 19.2 Å². The van der Waals surface area contributed by atoms with Crippen molar-refractivity contribution in [3.05, 3.63) is 59.7 Å². The SMILES string of the molecule is COC(=O)N[C@H](C(=O)N1CCC[C@H]1C1=Nc2ccc(-c3ccc4c5c(ccc4c3)N=C([C@@H]3CCCN3C(=O)[C@@H](NC(=O)OC)C(C)C)C5)cc2C1)C(C)C. The van der Waals surface area contributed by atoms with E-state index in [1.165, 1.54) is 19.8 Å². The third-order valence-electron chi connectivity index (χ3n) is 11.4. The summed E-state index contributed by atoms with van der Waals surface area (Å²) in [5, 5.41) is 7.74. The molecule has 12 nitrogen and oxygen atoms in total. The van der Waals surface area contributed by atoms with Crippen LogP contribution in [0.3, 0.4) is 0 Å². The van der Waals surface area contributed by atoms with Gasteiger partial charge in [0.2, 0.25) is 11.8 Å². The molecular weight excluding hydrogens is 684 g/mol. The Labute approximate surface area is 316 Å². The van der Waals surface area contributed by atoms with Gasteiger partial charge in [0, 0.05) is 37.4 Å². The quantitative estimate of drug-likeness (QED) is 0.257. The van der Waals surface area contributed by atoms with Crippen molar-refractivity contribution >= 4 is 57.6 Å². The molecule has 0 radical (unpaired) electrons. The predicted octanol–water partition coefficient (Wildman–Crippen LogP) is 6.51. The summed E-state index contributed by atoms with van der Waals surface area (Å²) < 4.78 is 9.58. The molecule has 4 atom stereocenters. The Kier molecular flexibility index (Phi) is 10.5. The normalized spacial score (nSPS) is 20.1. The molecule has 0 bridgehead atoms. The van der Waals surface area contributed by atoms with Gasteiger partial charge in [-0.15, -0.1) is 0 Å². The number of rotatable bonds is 9. The van der Waals surface area contributed by atoms with Crippen molar-refractivity contribution in [1.82, 2.24) is 20.4 Å². The molecule has 12 heteroatoms. The molecule has 4 heterocycles. The molecule has 0 spiro atoms. The molecule has 4 aliphatic rings. The maximum absolute atomic E-state index is 13.7. The number of aliphatic imine (C=N–C) groups is 2. The van der Waals surface area contributed by atoms with E-state index < -0.39 is 24.3 Å². The van der Waals surface area contributed by atoms with Crippen molar-refractivity contribution in [3.8, 4) is 11.1 Å². The number of nitrogens with one attached hydrogen (secondary N) is 2. The Balaban J connectivity index is 1.05. The lowest BCUT2D eigenvalue weighted by molar-refractivity contribution is -0.134. The van der Waals surface area contributed by atoms with Crippen molar-refractivity contribution in [2.75, 3.05) is 27.3 Å². The molecule has 4 amide bonds. The zero-order valence-electron chi connectivity index (χ0n) is 32.0. The van der Waals surface area contributed by atoms with Gasteiger partial charge in [-0.05, 0) is 94.8 Å². The number of likely N-dealkylation sites (tertiary alicyclic amines) is 2. The van der Waals surface area contributed by atoms with E-state index in [-0.39, 0.29) is 35.7 Å². The highest BCUT2D eigenvalue weighted by molar-refractivity contribution is 6.06. The fraction of sp³-hybridized carbons (Fsp3) is 0.476. The van der Waals surface area contributed by atoms with Crippen LogP contribution >= 0.6 is 0 Å². The first-order valence-electron chi connectivity index (χ1n) is 19.1. The highest BCUT2D eigenvalue weighted by Gasteiger charge is 2.40. The fourth-order valence-electron chi connectivity index (χ4n) is 8.53. The Bertz CT molecular complexity index is 2060. The second-order valence-corrected chi connectivity index (χ2v) is 15.5. The number of hydrogen-bond acceptors (Lipinski definition) is 8. The monoisotopic (exact) mass is 734 g/mol. The maximum Gasteiger partial charge on any atom is 0.407 e. The van der Waals surface area contributed by atoms with Crippen molar-refractivity contribution in [2.45, 2.75) is 90.4 Å². The van der Waals surface area contributed by atoms with E-state index in [0.717, 1.165) is 75.9 Å². The summed E-state index contributed by atoms with van der Waals surface area (Å²) in [5.74, 6) is -0.373. The second-order valence-electron chi connectivity index (χ2n) is 15.5. The van der Waals surface area contributed by atoms with Crippen molar-refractivity contribution in [2.24, 2.45) is 21.8 Å². The van der Waals surface area contributed by atoms with E-state index in [4.69, 9.17) is 19.5 Å². The molecule has 2 fully saturated rings. The first kappa shape index (κ1) is 37.1. The van der Waals surface area contributed by atoms with Crippen LogP contribution in [0.4, 0.5) is 21.0 Å². The van der Waals surface area contributed by atoms with Gasteiger partial charge in [-0.25, -0.2) is 9.59 Å². The molecule has 7 rings (SSSR count). The molecule has 2 saturated heterocycles. The fourth-order valence-corrected chi connectivity index (χ4v) is 8.53. The zero-order valence-corrected chi connectivity index (χ0v) is 32.0. The Hall–Kier alpha value is -5.26. The topological polar surface area (TPSA) is 142 Å². The molecule has 0 saturated carbocycles. The number of methoxy groups -OCH3 is 2. The largest absolute Gasteiger partial charge is 0.453 e. The zero-order chi connectivity index (χ0) is 38.3. The molecule has 284 valence electrons. The average Bonchev–Trinajstić information content (AvgIpc) is 3.99. The number of ether oxygens (including phenoxy) is 2. The third kappa shape index (κ3) is 7.05. The van der Waals surface area contributed by atoms with Gasteiger partial charge in [0.1, 0.15) is 12.1 Å². The standard InChI is InChI=1S/C42H50N6O6/c1-23(2)37(45-41(51)53-5)39(49)47-17-7-9-35(47)33-21-28-20-26(12-15-31(28)43-33)25-11-14-29-27(19-25)13-16-32-30(29)22-34(44-32)36-10-8-18-48(36)40(50)38(24(3)4)46-42(52)54-6/h11-16,19-20,23-24,35-38H,7-10,17-18,21-22H2,1-6H3,(H,45,51)(H,46,52)/t35-,36-,37-,38-/m0/s1. The van der Waals surface area contributed by atoms with Crippen molar-refractivity contribution in [1.29, 1.82) is 0 Å². The van der Waals surface area contributed by atoms with Crippen LogP contribution in [0.2, 0.25) is 0 Å². The van der Waals surface area contributed by atoms with Gasteiger partial charge in [-0.1, -0.05) is 52.0 Å². The summed E-state index contributed by atoms with van der Waals surface area (Å²) >= 11 is 0. The van der Waals surface area contributed by atoms with E-state index in [1.807, 2.05) is 37.5 Å². The number of alkyl carbamates (subject to hydrolysis) is 2. The first-order chi connectivity index (χ1) is 26.0. The molecule has 0 aliphatic carbocycles. The van der Waals surface area contributed by atoms with Gasteiger partial charge < -0.3 is 29.9 Å². The van der Waals surface area contributed by atoms with Crippen LogP contribution in [0.15, 0.2) is 58.5 Å². The summed E-state index contributed by atoms with van der Waals surface area (Å²) in [7, 11) is 2.61. The number of carbonyl (C=O) groups excluding carboxylic acids is 4. The minimum absolute atomic E-state index is 0.0881. The lowest BCUT2D eigenvalue weighted by atomic mass is 9.94. The third-order valence-corrected chi connectivity index (χ3v) is 11.4. The Morgan fingerprint density at radius 3 is 1.78 bits per heavy atom. The van der Waals surface area contributed by atoms with Gasteiger partial charge in [0.25, 0.3) is 0 Å². The van der Waals surface area contributed by atoms with Gasteiger partial charge >= 0.3 is 12.2 Å². The van der Waals surface area contributed by atoms with Crippen LogP contribution in [0.1, 0.15) is 64.5 Å². The van der Waals surface area contributed by atoms with Crippen LogP contribution < -0.4 is 10.6 Å². The van der Waals surface area contributed by atoms with E-state index >= 15 is 0 Å². The Morgan fingerprint density at radius 1 is 0.685 bits per heavy atom. The first-order valence-corrected chi connectivity index (χ1v) is 19.1. The molecule has 4 aliphatic heterocycles. The minimum Gasteiger partial charge on any atom is -0.453 e. The predicted molar refractivity (Wildman–Crippen MR) is 209 cm³/mol. The summed E-state index contributed by atoms with van der Waals surface area (Å²) in [4.78, 5) is 65.3. The number of benzene rings is 3. The van der Waals surface area contributed by atoms with E-state index in [2.05, 4.69) is 59.2 Å². The molecule has 0 aromatic heterocycles. The van der Waals surface area contributed by atoms with Crippen LogP contribution in [0.5, 0.6) is 0 Å². The number of amides is 4. The Morgan fingerprint density at radius 2 is 1.20 bits per heavy atom. The number of nitrogens with zero attached hydrogens (tertiary/aromatic N) is 4. The smallest absolute Gasteiger partial charge is 0.407 e. The van der Waals surface area contributed by atoms with E-state index in [1.54, 1.807) is 0 Å². The lowest BCUT2D eigenvalue weighted by Crippen LogP contribution is -2.53. The second kappa shape index (κ2) is 15.2. The van der Waals surface area contributed by atoms with Gasteiger partial charge in [0.15, 0.2) is 0 Å². The average molecular weight is 735 g/mol. The number of carbonyl (C=O) groups is 4. The van der Waals surface area contributed by atoms with Crippen molar-refractivity contribution < 1.29 is 28.7 Å². The highest BCUT2D eigenvalue weighted by atomic mass is 16.5. The van der Waals surface area contributed by atoms with Crippen molar-refractivity contribution in [3.63, 3.8) is 0 Å². The molecular formula is C42H50N6O6. The minimum atomic E-state index is -0.667. The summed E-state index contributed by atoms with van der Waals surface area (Å²) in [6, 6.07) is 15.6. The summed E-state index contributed by atoms with van der Waals surface area (Å²) in [6.07, 6.45) is 3.59. The van der Waals surface area contributed by atoms with E-state index in [0.29, 0.717) is 25.9 Å². The molecule has 2 N–H and O–H groups in total. The molecule has 54 heavy (non-hydrogen) atoms. The van der Waals surface area contributed by atoms with Gasteiger partial charge in [-0.2, -0.15) is 0 Å². The molecule has 0 unspecified atom stereocenters. The van der Waals surface area contributed by atoms with Crippen LogP contribution in [-0.4, -0.2) is 96.7 Å². The lowest BCUT2D eigenvalue weighted by Gasteiger charge is -2.30. The van der Waals surface area contributed by atoms with Gasteiger partial charge in [0.05, 0.1) is 37.7 Å². The van der Waals surface area contributed by atoms with Crippen LogP contribution in [0, 0.1) is 11.8 Å². The number of hydrogen-bond donors (Lipinski definition) is 2. The van der Waals surface area contributed by atoms with Crippen LogP contribution in [-0.2, 0) is 31.9 Å². The van der Waals surface area contributed by atoms with Crippen LogP contribution in [0.25, 0.3) is 21.9 Å². The highest BCUT2D eigenvalue weighted by Crippen LogP contribution is 2.39. The summed E-state index contributed by atoms with van der Waals surface area (Å²) in [6.45, 7) is 8.95. The molecule has 3 aromatic carbocycles. The van der Waals surface area contributed by atoms with Gasteiger partial charge in [-0.3, -0.25) is 19.6 Å².